The minimum absolute atomic E-state index is 0.251. The van der Waals surface area contributed by atoms with Crippen LogP contribution in [0.5, 0.6) is 0 Å². The number of phosphoric acid groups is 1. The van der Waals surface area contributed by atoms with Gasteiger partial charge in [-0.25, -0.2) is 4.57 Å². The van der Waals surface area contributed by atoms with Gasteiger partial charge in [0.15, 0.2) is 0 Å². The average molecular weight is 253 g/mol. The lowest BCUT2D eigenvalue weighted by Crippen LogP contribution is -2.38. The largest absolute Gasteiger partial charge is 0.470 e. The highest BCUT2D eigenvalue weighted by molar-refractivity contribution is 7.46. The third-order valence-corrected chi connectivity index (χ3v) is 2.70. The maximum absolute atomic E-state index is 10.7. The zero-order valence-corrected chi connectivity index (χ0v) is 11.7. The summed E-state index contributed by atoms with van der Waals surface area (Å²) < 4.78 is 15.3. The first-order valence-electron chi connectivity index (χ1n) is 5.38. The van der Waals surface area contributed by atoms with E-state index in [1.165, 1.54) is 0 Å². The van der Waals surface area contributed by atoms with Gasteiger partial charge in [-0.3, -0.25) is 4.52 Å². The normalized spacial score (nSPS) is 14.2. The summed E-state index contributed by atoms with van der Waals surface area (Å²) in [5, 5.41) is 3.14. The van der Waals surface area contributed by atoms with Crippen LogP contribution in [-0.4, -0.2) is 28.5 Å². The fraction of sp³-hybridized carbons (Fsp3) is 1.00. The molecule has 0 spiro atoms. The Labute approximate surface area is 97.8 Å². The Balaban J connectivity index is 3.88. The van der Waals surface area contributed by atoms with Gasteiger partial charge in [0.05, 0.1) is 5.60 Å². The summed E-state index contributed by atoms with van der Waals surface area (Å²) in [5.74, 6) is 0. The third-order valence-electron chi connectivity index (χ3n) is 1.97. The predicted molar refractivity (Wildman–Crippen MR) is 64.1 cm³/mol. The molecule has 0 rings (SSSR count). The highest BCUT2D eigenvalue weighted by Gasteiger charge is 2.28. The predicted octanol–water partition coefficient (Wildman–Crippen LogP) is 1.90. The van der Waals surface area contributed by atoms with Gasteiger partial charge in [-0.15, -0.1) is 0 Å². The van der Waals surface area contributed by atoms with Crippen molar-refractivity contribution in [1.29, 1.82) is 0 Å². The molecule has 0 aliphatic heterocycles. The molecule has 3 N–H and O–H groups in total. The number of nitrogens with one attached hydrogen (secondary N) is 1. The van der Waals surface area contributed by atoms with Crippen molar-refractivity contribution in [2.75, 3.05) is 13.1 Å². The fourth-order valence-corrected chi connectivity index (χ4v) is 1.92. The number of hydrogen-bond acceptors (Lipinski definition) is 3. The van der Waals surface area contributed by atoms with E-state index in [-0.39, 0.29) is 5.41 Å². The van der Waals surface area contributed by atoms with Crippen molar-refractivity contribution in [2.24, 2.45) is 5.41 Å². The van der Waals surface area contributed by atoms with Gasteiger partial charge in [0, 0.05) is 6.54 Å². The van der Waals surface area contributed by atoms with Crippen molar-refractivity contribution < 1.29 is 18.9 Å². The molecule has 0 heterocycles. The average Bonchev–Trinajstić information content (AvgIpc) is 1.91. The van der Waals surface area contributed by atoms with Crippen molar-refractivity contribution in [3.05, 3.63) is 0 Å². The van der Waals surface area contributed by atoms with Crippen molar-refractivity contribution in [3.8, 4) is 0 Å². The van der Waals surface area contributed by atoms with Crippen molar-refractivity contribution in [3.63, 3.8) is 0 Å². The van der Waals surface area contributed by atoms with Gasteiger partial charge in [0.1, 0.15) is 0 Å². The van der Waals surface area contributed by atoms with E-state index < -0.39 is 13.4 Å². The second-order valence-electron chi connectivity index (χ2n) is 5.83. The minimum Gasteiger partial charge on any atom is -0.314 e. The summed E-state index contributed by atoms with van der Waals surface area (Å²) in [7, 11) is -4.41. The Morgan fingerprint density at radius 1 is 1.19 bits per heavy atom. The van der Waals surface area contributed by atoms with Gasteiger partial charge in [-0.05, 0) is 32.2 Å². The van der Waals surface area contributed by atoms with Gasteiger partial charge < -0.3 is 15.1 Å². The first kappa shape index (κ1) is 16.1. The zero-order valence-electron chi connectivity index (χ0n) is 10.8. The highest BCUT2D eigenvalue weighted by atomic mass is 31.2. The van der Waals surface area contributed by atoms with E-state index in [1.54, 1.807) is 13.8 Å². The van der Waals surface area contributed by atoms with E-state index in [0.29, 0.717) is 6.54 Å². The van der Waals surface area contributed by atoms with Gasteiger partial charge in [0.2, 0.25) is 0 Å². The molecule has 6 heteroatoms. The summed E-state index contributed by atoms with van der Waals surface area (Å²) in [6, 6.07) is 0. The summed E-state index contributed by atoms with van der Waals surface area (Å²) in [6.45, 7) is 10.9. The molecule has 0 atom stereocenters. The Hall–Kier alpha value is 0.0700. The van der Waals surface area contributed by atoms with Crippen LogP contribution in [0.15, 0.2) is 0 Å². The van der Waals surface area contributed by atoms with Crippen LogP contribution >= 0.6 is 7.82 Å². The lowest BCUT2D eigenvalue weighted by Gasteiger charge is -2.26. The Morgan fingerprint density at radius 2 is 1.69 bits per heavy atom. The monoisotopic (exact) mass is 253 g/mol. The van der Waals surface area contributed by atoms with Crippen LogP contribution in [0.2, 0.25) is 0 Å². The number of rotatable bonds is 6. The highest BCUT2D eigenvalue weighted by Crippen LogP contribution is 2.40. The number of phosphoric ester groups is 1. The number of hydrogen-bond donors (Lipinski definition) is 3. The second kappa shape index (κ2) is 5.61. The molecule has 0 bridgehead atoms. The quantitative estimate of drug-likeness (QED) is 0.497. The van der Waals surface area contributed by atoms with Crippen LogP contribution in [0.3, 0.4) is 0 Å². The van der Waals surface area contributed by atoms with Crippen molar-refractivity contribution in [1.82, 2.24) is 5.32 Å². The smallest absolute Gasteiger partial charge is 0.314 e. The first-order chi connectivity index (χ1) is 6.91. The van der Waals surface area contributed by atoms with Crippen LogP contribution < -0.4 is 5.32 Å². The second-order valence-corrected chi connectivity index (χ2v) is 6.99. The van der Waals surface area contributed by atoms with Gasteiger partial charge >= 0.3 is 7.82 Å². The molecule has 0 unspecified atom stereocenters. The van der Waals surface area contributed by atoms with Crippen LogP contribution in [-0.2, 0) is 9.09 Å². The first-order valence-corrected chi connectivity index (χ1v) is 6.91. The van der Waals surface area contributed by atoms with Crippen LogP contribution in [0, 0.1) is 5.41 Å². The Kier molecular flexibility index (Phi) is 5.63. The molecular weight excluding hydrogens is 229 g/mol. The lowest BCUT2D eigenvalue weighted by molar-refractivity contribution is 0.0644. The lowest BCUT2D eigenvalue weighted by atomic mass is 9.92. The van der Waals surface area contributed by atoms with E-state index in [9.17, 15) is 4.57 Å². The van der Waals surface area contributed by atoms with Gasteiger partial charge in [-0.1, -0.05) is 20.8 Å². The molecule has 0 aromatic heterocycles. The van der Waals surface area contributed by atoms with Gasteiger partial charge in [-0.2, -0.15) is 0 Å². The Morgan fingerprint density at radius 3 is 2.06 bits per heavy atom. The fourth-order valence-electron chi connectivity index (χ4n) is 1.21. The van der Waals surface area contributed by atoms with E-state index >= 15 is 0 Å². The molecule has 0 saturated carbocycles. The molecule has 16 heavy (non-hydrogen) atoms. The van der Waals surface area contributed by atoms with Crippen LogP contribution in [0.4, 0.5) is 0 Å². The molecule has 0 aromatic rings. The zero-order chi connectivity index (χ0) is 13.0. The SMILES string of the molecule is CC(C)(C)CCNCC(C)(C)OP(=O)(O)O. The molecule has 0 fully saturated rings. The molecule has 5 nitrogen and oxygen atoms in total. The molecule has 0 aliphatic carbocycles. The van der Waals surface area contributed by atoms with Crippen molar-refractivity contribution in [2.45, 2.75) is 46.6 Å². The molecule has 0 aromatic carbocycles. The molecule has 98 valence electrons. The summed E-state index contributed by atoms with van der Waals surface area (Å²) in [4.78, 5) is 17.4. The van der Waals surface area contributed by atoms with Crippen LogP contribution in [0.1, 0.15) is 41.0 Å². The molecule has 0 aliphatic rings. The van der Waals surface area contributed by atoms with E-state index in [1.807, 2.05) is 0 Å². The summed E-state index contributed by atoms with van der Waals surface area (Å²) in [5.41, 5.74) is -0.613. The minimum atomic E-state index is -4.41. The maximum atomic E-state index is 10.7. The van der Waals surface area contributed by atoms with Crippen molar-refractivity contribution >= 4 is 7.82 Å². The summed E-state index contributed by atoms with van der Waals surface area (Å²) in [6.07, 6.45) is 0.999. The van der Waals surface area contributed by atoms with Crippen LogP contribution in [0.25, 0.3) is 0 Å². The molecule has 0 saturated heterocycles. The summed E-state index contributed by atoms with van der Waals surface area (Å²) >= 11 is 0. The standard InChI is InChI=1S/C10H24NO4P/c1-9(2,3)6-7-11-8-10(4,5)15-16(12,13)14/h11H,6-8H2,1-5H3,(H2,12,13,14). The molecule has 0 amide bonds. The molecule has 0 radical (unpaired) electrons. The molecular formula is C10H24NO4P. The van der Waals surface area contributed by atoms with E-state index in [0.717, 1.165) is 13.0 Å². The maximum Gasteiger partial charge on any atom is 0.470 e. The Bertz CT molecular complexity index is 254. The van der Waals surface area contributed by atoms with E-state index in [4.69, 9.17) is 9.79 Å². The topological polar surface area (TPSA) is 78.8 Å². The van der Waals surface area contributed by atoms with Gasteiger partial charge in [0.25, 0.3) is 0 Å². The third kappa shape index (κ3) is 10.6. The van der Waals surface area contributed by atoms with E-state index in [2.05, 4.69) is 30.6 Å².